The van der Waals surface area contributed by atoms with E-state index in [1.165, 1.54) is 23.4 Å². The molecule has 1 saturated heterocycles. The Morgan fingerprint density at radius 2 is 1.88 bits per heavy atom. The fraction of sp³-hybridized carbons (Fsp3) is 0.450. The molecule has 5 nitrogen and oxygen atoms in total. The Balaban J connectivity index is 1.40. The van der Waals surface area contributed by atoms with E-state index in [1.807, 2.05) is 6.92 Å². The minimum absolute atomic E-state index is 0.0142. The summed E-state index contributed by atoms with van der Waals surface area (Å²) in [6, 6.07) is 5.90. The fourth-order valence-electron chi connectivity index (χ4n) is 3.93. The third kappa shape index (κ3) is 3.41. The van der Waals surface area contributed by atoms with E-state index in [1.54, 1.807) is 12.1 Å². The topological polar surface area (TPSA) is 58.1 Å². The molecule has 1 N–H and O–H groups in total. The first-order valence-electron chi connectivity index (χ1n) is 9.28. The van der Waals surface area contributed by atoms with Gasteiger partial charge in [-0.15, -0.1) is 0 Å². The van der Waals surface area contributed by atoms with Crippen LogP contribution < -0.4 is 10.2 Å². The molecular formula is C20H23FN4O. The van der Waals surface area contributed by atoms with Crippen molar-refractivity contribution in [3.8, 4) is 0 Å². The molecule has 2 aliphatic rings. The highest BCUT2D eigenvalue weighted by Gasteiger charge is 2.28. The van der Waals surface area contributed by atoms with E-state index in [9.17, 15) is 9.18 Å². The minimum Gasteiger partial charge on any atom is -0.356 e. The summed E-state index contributed by atoms with van der Waals surface area (Å²) >= 11 is 0. The van der Waals surface area contributed by atoms with Crippen LogP contribution in [-0.4, -0.2) is 29.0 Å². The van der Waals surface area contributed by atoms with Crippen molar-refractivity contribution in [2.24, 2.45) is 5.92 Å². The number of fused-ring (bicyclic) bond motifs is 1. The van der Waals surface area contributed by atoms with E-state index in [-0.39, 0.29) is 17.6 Å². The van der Waals surface area contributed by atoms with Gasteiger partial charge in [-0.05, 0) is 63.3 Å². The third-order valence-corrected chi connectivity index (χ3v) is 5.30. The van der Waals surface area contributed by atoms with Crippen LogP contribution in [0, 0.1) is 18.7 Å². The third-order valence-electron chi connectivity index (χ3n) is 5.30. The van der Waals surface area contributed by atoms with Gasteiger partial charge in [0, 0.05) is 36.0 Å². The zero-order chi connectivity index (χ0) is 18.1. The zero-order valence-corrected chi connectivity index (χ0v) is 15.0. The van der Waals surface area contributed by atoms with Crippen molar-refractivity contribution in [2.75, 3.05) is 23.3 Å². The van der Waals surface area contributed by atoms with Crippen LogP contribution in [0.4, 0.5) is 15.9 Å². The maximum Gasteiger partial charge on any atom is 0.227 e. The minimum atomic E-state index is -0.302. The highest BCUT2D eigenvalue weighted by Crippen LogP contribution is 2.31. The first kappa shape index (κ1) is 16.9. The van der Waals surface area contributed by atoms with Crippen LogP contribution in [0.1, 0.15) is 36.3 Å². The number of anilines is 2. The predicted molar refractivity (Wildman–Crippen MR) is 98.8 cm³/mol. The Morgan fingerprint density at radius 1 is 1.15 bits per heavy atom. The summed E-state index contributed by atoms with van der Waals surface area (Å²) in [5, 5.41) is 2.89. The van der Waals surface area contributed by atoms with Gasteiger partial charge in [0.1, 0.15) is 17.5 Å². The molecule has 0 spiro atoms. The van der Waals surface area contributed by atoms with Gasteiger partial charge in [-0.25, -0.2) is 14.4 Å². The molecule has 1 aromatic heterocycles. The first-order valence-corrected chi connectivity index (χ1v) is 9.28. The summed E-state index contributed by atoms with van der Waals surface area (Å²) < 4.78 is 13.0. The van der Waals surface area contributed by atoms with E-state index >= 15 is 0 Å². The van der Waals surface area contributed by atoms with Crippen molar-refractivity contribution in [1.29, 1.82) is 0 Å². The molecule has 136 valence electrons. The lowest BCUT2D eigenvalue weighted by atomic mass is 9.95. The van der Waals surface area contributed by atoms with Crippen LogP contribution >= 0.6 is 0 Å². The molecule has 1 fully saturated rings. The lowest BCUT2D eigenvalue weighted by Crippen LogP contribution is -2.39. The van der Waals surface area contributed by atoms with Gasteiger partial charge in [-0.1, -0.05) is 0 Å². The molecule has 0 saturated carbocycles. The van der Waals surface area contributed by atoms with Gasteiger partial charge in [0.25, 0.3) is 0 Å². The van der Waals surface area contributed by atoms with Gasteiger partial charge in [0.05, 0.1) is 0 Å². The van der Waals surface area contributed by atoms with Crippen LogP contribution in [0.2, 0.25) is 0 Å². The van der Waals surface area contributed by atoms with Crippen molar-refractivity contribution in [2.45, 2.75) is 39.0 Å². The van der Waals surface area contributed by atoms with Gasteiger partial charge in [0.15, 0.2) is 0 Å². The fourth-order valence-corrected chi connectivity index (χ4v) is 3.93. The van der Waals surface area contributed by atoms with Crippen molar-refractivity contribution in [3.05, 3.63) is 47.2 Å². The number of aromatic nitrogens is 2. The summed E-state index contributed by atoms with van der Waals surface area (Å²) in [6.45, 7) is 3.60. The smallest absolute Gasteiger partial charge is 0.227 e. The maximum atomic E-state index is 13.0. The van der Waals surface area contributed by atoms with Crippen LogP contribution in [0.5, 0.6) is 0 Å². The number of carbonyl (C=O) groups is 1. The van der Waals surface area contributed by atoms with Crippen LogP contribution in [0.25, 0.3) is 0 Å². The number of rotatable bonds is 3. The van der Waals surface area contributed by atoms with Gasteiger partial charge < -0.3 is 10.2 Å². The Hall–Kier alpha value is -2.50. The van der Waals surface area contributed by atoms with Gasteiger partial charge in [0.2, 0.25) is 5.91 Å². The highest BCUT2D eigenvalue weighted by atomic mass is 19.1. The number of aryl methyl sites for hydroxylation is 2. The van der Waals surface area contributed by atoms with Crippen LogP contribution in [-0.2, 0) is 17.6 Å². The summed E-state index contributed by atoms with van der Waals surface area (Å²) in [5.74, 6) is 1.59. The molecular weight excluding hydrogens is 331 g/mol. The monoisotopic (exact) mass is 354 g/mol. The molecule has 26 heavy (non-hydrogen) atoms. The second kappa shape index (κ2) is 7.02. The first-order chi connectivity index (χ1) is 12.6. The normalized spacial score (nSPS) is 17.2. The number of nitrogens with one attached hydrogen (secondary N) is 1. The Labute approximate surface area is 152 Å². The lowest BCUT2D eigenvalue weighted by Gasteiger charge is -2.33. The van der Waals surface area contributed by atoms with E-state index < -0.39 is 0 Å². The maximum absolute atomic E-state index is 13.0. The lowest BCUT2D eigenvalue weighted by molar-refractivity contribution is -0.120. The number of nitrogens with zero attached hydrogens (tertiary/aromatic N) is 3. The van der Waals surface area contributed by atoms with Crippen molar-refractivity contribution in [1.82, 2.24) is 9.97 Å². The zero-order valence-electron chi connectivity index (χ0n) is 15.0. The summed E-state index contributed by atoms with van der Waals surface area (Å²) in [5.41, 5.74) is 3.14. The average Bonchev–Trinajstić information content (AvgIpc) is 3.11. The largest absolute Gasteiger partial charge is 0.356 e. The van der Waals surface area contributed by atoms with Gasteiger partial charge >= 0.3 is 0 Å². The molecule has 1 aliphatic heterocycles. The van der Waals surface area contributed by atoms with Gasteiger partial charge in [-0.2, -0.15) is 0 Å². The van der Waals surface area contributed by atoms with E-state index in [2.05, 4.69) is 15.2 Å². The second-order valence-electron chi connectivity index (χ2n) is 7.13. The standard InChI is InChI=1S/C20H23FN4O/c1-13-22-18-4-2-3-17(18)19(23-13)25-11-9-14(10-12-25)20(26)24-16-7-5-15(21)6-8-16/h5-8,14H,2-4,9-12H2,1H3,(H,24,26). The predicted octanol–water partition coefficient (Wildman–Crippen LogP) is 3.27. The molecule has 0 radical (unpaired) electrons. The number of hydrogen-bond donors (Lipinski definition) is 1. The van der Waals surface area contributed by atoms with Crippen LogP contribution in [0.15, 0.2) is 24.3 Å². The molecule has 2 aromatic rings. The highest BCUT2D eigenvalue weighted by molar-refractivity contribution is 5.92. The molecule has 2 heterocycles. The Kier molecular flexibility index (Phi) is 4.57. The molecule has 4 rings (SSSR count). The van der Waals surface area contributed by atoms with Gasteiger partial charge in [-0.3, -0.25) is 4.79 Å². The Morgan fingerprint density at radius 3 is 2.62 bits per heavy atom. The molecule has 1 aliphatic carbocycles. The number of piperidine rings is 1. The van der Waals surface area contributed by atoms with Crippen molar-refractivity contribution < 1.29 is 9.18 Å². The number of hydrogen-bond acceptors (Lipinski definition) is 4. The Bertz CT molecular complexity index is 813. The molecule has 6 heteroatoms. The number of amides is 1. The quantitative estimate of drug-likeness (QED) is 0.919. The summed E-state index contributed by atoms with van der Waals surface area (Å²) in [4.78, 5) is 24.1. The molecule has 0 bridgehead atoms. The molecule has 0 unspecified atom stereocenters. The summed E-state index contributed by atoms with van der Waals surface area (Å²) in [7, 11) is 0. The van der Waals surface area contributed by atoms with Crippen LogP contribution in [0.3, 0.4) is 0 Å². The number of benzene rings is 1. The van der Waals surface area contributed by atoms with E-state index in [4.69, 9.17) is 4.98 Å². The number of halogens is 1. The SMILES string of the molecule is Cc1nc2c(c(N3CCC(C(=O)Nc4ccc(F)cc4)CC3)n1)CCC2. The van der Waals surface area contributed by atoms with Crippen molar-refractivity contribution in [3.63, 3.8) is 0 Å². The second-order valence-corrected chi connectivity index (χ2v) is 7.13. The summed E-state index contributed by atoms with van der Waals surface area (Å²) in [6.07, 6.45) is 4.84. The van der Waals surface area contributed by atoms with E-state index in [0.717, 1.165) is 56.8 Å². The average molecular weight is 354 g/mol. The molecule has 1 amide bonds. The van der Waals surface area contributed by atoms with E-state index in [0.29, 0.717) is 5.69 Å². The molecule has 0 atom stereocenters. The molecule has 1 aromatic carbocycles. The van der Waals surface area contributed by atoms with Crippen molar-refractivity contribution >= 4 is 17.4 Å². The number of carbonyl (C=O) groups excluding carboxylic acids is 1.